The zero-order valence-corrected chi connectivity index (χ0v) is 31.5. The van der Waals surface area contributed by atoms with E-state index >= 15 is 0 Å². The first-order chi connectivity index (χ1) is 24.5. The molecule has 1 heterocycles. The number of fused-ring (bicyclic) bond motifs is 1. The second-order valence-corrected chi connectivity index (χ2v) is 17.1. The quantitative estimate of drug-likeness (QED) is 0.135. The van der Waals surface area contributed by atoms with Gasteiger partial charge in [0.25, 0.3) is 0 Å². The zero-order valence-electron chi connectivity index (χ0n) is 30.7. The van der Waals surface area contributed by atoms with Crippen LogP contribution in [0, 0.1) is 24.7 Å². The van der Waals surface area contributed by atoms with Crippen LogP contribution in [0.2, 0.25) is 0 Å². The highest BCUT2D eigenvalue weighted by Gasteiger charge is 2.31. The fourth-order valence-corrected chi connectivity index (χ4v) is 7.61. The van der Waals surface area contributed by atoms with Gasteiger partial charge >= 0.3 is 11.8 Å². The zero-order chi connectivity index (χ0) is 37.8. The maximum atomic E-state index is 13.9. The summed E-state index contributed by atoms with van der Waals surface area (Å²) in [6.45, 7) is 7.85. The highest BCUT2D eigenvalue weighted by Crippen LogP contribution is 2.33. The van der Waals surface area contributed by atoms with Gasteiger partial charge in [-0.25, -0.2) is 22.3 Å². The van der Waals surface area contributed by atoms with Gasteiger partial charge in [-0.3, -0.25) is 9.59 Å². The Morgan fingerprint density at radius 1 is 0.942 bits per heavy atom. The Kier molecular flexibility index (Phi) is 11.7. The van der Waals surface area contributed by atoms with Crippen LogP contribution in [-0.2, 0) is 30.8 Å². The minimum Gasteiger partial charge on any atom is -0.444 e. The molecule has 1 aliphatic carbocycles. The molecular weight excluding hydrogens is 683 g/mol. The summed E-state index contributed by atoms with van der Waals surface area (Å²) in [5.74, 6) is -0.941. The molecule has 1 atom stereocenters. The van der Waals surface area contributed by atoms with E-state index in [9.17, 15) is 27.6 Å². The molecule has 0 bridgehead atoms. The van der Waals surface area contributed by atoms with E-state index in [4.69, 9.17) is 4.74 Å². The fourth-order valence-electron chi connectivity index (χ4n) is 6.69. The normalized spacial score (nSPS) is 17.1. The smallest absolute Gasteiger partial charge is 0.407 e. The molecule has 278 valence electrons. The Morgan fingerprint density at radius 2 is 1.65 bits per heavy atom. The van der Waals surface area contributed by atoms with Gasteiger partial charge in [0.15, 0.2) is 0 Å². The van der Waals surface area contributed by atoms with Crippen LogP contribution in [0.25, 0.3) is 22.2 Å². The molecule has 0 spiro atoms. The van der Waals surface area contributed by atoms with Crippen LogP contribution in [0.3, 0.4) is 0 Å². The first-order valence-electron chi connectivity index (χ1n) is 17.6. The van der Waals surface area contributed by atoms with Crippen LogP contribution in [0.1, 0.15) is 64.0 Å². The topological polar surface area (TPSA) is 171 Å². The molecule has 5 rings (SSSR count). The molecule has 13 heteroatoms. The summed E-state index contributed by atoms with van der Waals surface area (Å²) >= 11 is 0. The summed E-state index contributed by atoms with van der Waals surface area (Å²) in [7, 11) is -0.665. The van der Waals surface area contributed by atoms with Crippen molar-refractivity contribution in [2.45, 2.75) is 76.7 Å². The van der Waals surface area contributed by atoms with Gasteiger partial charge in [0.2, 0.25) is 15.9 Å². The Hall–Kier alpha value is -4.75. The third-order valence-electron chi connectivity index (χ3n) is 9.55. The Balaban J connectivity index is 1.33. The lowest BCUT2D eigenvalue weighted by atomic mass is 9.77. The summed E-state index contributed by atoms with van der Waals surface area (Å²) in [5.41, 5.74) is 4.01. The number of anilines is 1. The van der Waals surface area contributed by atoms with Crippen molar-refractivity contribution in [2.24, 2.45) is 17.8 Å². The van der Waals surface area contributed by atoms with Crippen LogP contribution in [0.4, 0.5) is 10.5 Å². The van der Waals surface area contributed by atoms with E-state index < -0.39 is 27.6 Å². The molecular formula is C39H49N5O7S. The summed E-state index contributed by atoms with van der Waals surface area (Å²) in [4.78, 5) is 57.3. The molecule has 1 saturated carbocycles. The number of aromatic nitrogens is 2. The number of aromatic amines is 2. The van der Waals surface area contributed by atoms with Crippen LogP contribution in [-0.4, -0.2) is 66.7 Å². The second kappa shape index (κ2) is 15.9. The number of alkyl carbamates (subject to hydrolysis) is 1. The lowest BCUT2D eigenvalue weighted by Crippen LogP contribution is -2.37. The molecule has 4 aromatic rings. The van der Waals surface area contributed by atoms with E-state index in [0.717, 1.165) is 35.1 Å². The summed E-state index contributed by atoms with van der Waals surface area (Å²) < 4.78 is 32.3. The van der Waals surface area contributed by atoms with Crippen molar-refractivity contribution in [1.82, 2.24) is 19.6 Å². The first-order valence-corrected chi connectivity index (χ1v) is 19.1. The number of carbonyl (C=O) groups excluding carboxylic acids is 3. The molecule has 4 N–H and O–H groups in total. The number of nitrogens with one attached hydrogen (secondary N) is 4. The number of carbonyl (C=O) groups is 3. The minimum absolute atomic E-state index is 0.0257. The number of hydrogen-bond donors (Lipinski definition) is 4. The van der Waals surface area contributed by atoms with Crippen LogP contribution in [0.15, 0.2) is 70.4 Å². The minimum atomic E-state index is -3.65. The fraction of sp³-hybridized carbons (Fsp3) is 0.436. The van der Waals surface area contributed by atoms with Crippen LogP contribution >= 0.6 is 0 Å². The molecule has 0 saturated heterocycles. The second-order valence-electron chi connectivity index (χ2n) is 15.0. The van der Waals surface area contributed by atoms with Crippen molar-refractivity contribution in [2.75, 3.05) is 26.0 Å². The number of H-pyrrole nitrogens is 2. The number of rotatable bonds is 12. The van der Waals surface area contributed by atoms with Crippen molar-refractivity contribution in [3.63, 3.8) is 0 Å². The summed E-state index contributed by atoms with van der Waals surface area (Å²) in [6, 6.07) is 17.7. The number of sulfonamides is 1. The van der Waals surface area contributed by atoms with Crippen molar-refractivity contribution < 1.29 is 27.5 Å². The van der Waals surface area contributed by atoms with Crippen molar-refractivity contribution in [1.29, 1.82) is 0 Å². The maximum absolute atomic E-state index is 13.9. The van der Waals surface area contributed by atoms with Crippen molar-refractivity contribution in [3.8, 4) is 11.1 Å². The van der Waals surface area contributed by atoms with Crippen LogP contribution < -0.4 is 16.3 Å². The van der Waals surface area contributed by atoms with Gasteiger partial charge in [0.05, 0.1) is 15.9 Å². The van der Waals surface area contributed by atoms with E-state index in [0.29, 0.717) is 36.1 Å². The van der Waals surface area contributed by atoms with Gasteiger partial charge in [-0.05, 0) is 118 Å². The van der Waals surface area contributed by atoms with Gasteiger partial charge in [0.1, 0.15) is 11.4 Å². The van der Waals surface area contributed by atoms with E-state index in [1.807, 2.05) is 52.0 Å². The molecule has 2 amide bonds. The molecule has 1 aliphatic rings. The highest BCUT2D eigenvalue weighted by molar-refractivity contribution is 7.89. The third kappa shape index (κ3) is 9.77. The molecule has 3 aromatic carbocycles. The number of imidazole rings is 1. The number of benzene rings is 3. The highest BCUT2D eigenvalue weighted by atomic mass is 32.2. The van der Waals surface area contributed by atoms with Gasteiger partial charge < -0.3 is 25.3 Å². The van der Waals surface area contributed by atoms with Gasteiger partial charge in [-0.1, -0.05) is 30.3 Å². The van der Waals surface area contributed by atoms with Crippen molar-refractivity contribution in [3.05, 3.63) is 82.3 Å². The van der Waals surface area contributed by atoms with E-state index in [-0.39, 0.29) is 47.0 Å². The predicted molar refractivity (Wildman–Crippen MR) is 202 cm³/mol. The Labute approximate surface area is 304 Å². The molecule has 12 nitrogen and oxygen atoms in total. The number of hydrogen-bond acceptors (Lipinski definition) is 7. The molecule has 52 heavy (non-hydrogen) atoms. The average Bonchev–Trinajstić information content (AvgIpc) is 3.46. The molecule has 0 aliphatic heterocycles. The van der Waals surface area contributed by atoms with E-state index in [1.54, 1.807) is 36.4 Å². The summed E-state index contributed by atoms with van der Waals surface area (Å²) in [6.07, 6.45) is 2.77. The Bertz CT molecular complexity index is 2100. The summed E-state index contributed by atoms with van der Waals surface area (Å²) in [5, 5.41) is 5.81. The first kappa shape index (κ1) is 38.5. The largest absolute Gasteiger partial charge is 0.444 e. The number of amides is 2. The molecule has 1 fully saturated rings. The average molecular weight is 732 g/mol. The molecule has 0 unspecified atom stereocenters. The monoisotopic (exact) mass is 731 g/mol. The number of Topliss-reactive ketones (excluding diaryl/α,β-unsaturated/α-hetero) is 1. The van der Waals surface area contributed by atoms with E-state index in [2.05, 4.69) is 20.6 Å². The third-order valence-corrected chi connectivity index (χ3v) is 11.4. The van der Waals surface area contributed by atoms with Gasteiger partial charge in [0, 0.05) is 44.6 Å². The maximum Gasteiger partial charge on any atom is 0.407 e. The van der Waals surface area contributed by atoms with Crippen molar-refractivity contribution >= 4 is 44.5 Å². The number of aryl methyl sites for hydroxylation is 1. The standard InChI is InChI=1S/C39H49N5O7S/c1-24-10-16-31(52(49,50)44(5)6)22-32(24)28-9-7-8-26(18-28)19-29(36(46)41-30-15-17-33-34(21-30)43-37(47)42-33)20-35(45)27-13-11-25(12-14-27)23-40-38(48)51-39(2,3)4/h7-10,15-18,21-22,25,27,29H,11-14,19-20,23H2,1-6H3,(H,40,48)(H,41,46)(H2,42,43,47)/t25?,27?,29-/m1/s1. The predicted octanol–water partition coefficient (Wildman–Crippen LogP) is 6.17. The number of ether oxygens (including phenoxy) is 1. The van der Waals surface area contributed by atoms with Crippen LogP contribution in [0.5, 0.6) is 0 Å². The van der Waals surface area contributed by atoms with E-state index in [1.165, 1.54) is 18.4 Å². The van der Waals surface area contributed by atoms with Gasteiger partial charge in [-0.15, -0.1) is 0 Å². The Morgan fingerprint density at radius 3 is 2.35 bits per heavy atom. The molecule has 0 radical (unpaired) electrons. The molecule has 1 aromatic heterocycles. The lowest BCUT2D eigenvalue weighted by Gasteiger charge is -2.29. The SMILES string of the molecule is Cc1ccc(S(=O)(=O)N(C)C)cc1-c1cccc(C[C@H](CC(=O)C2CCC(CNC(=O)OC(C)(C)C)CC2)C(=O)Nc2ccc3[nH]c(=O)[nH]c3c2)c1. The van der Waals surface area contributed by atoms with Gasteiger partial charge in [-0.2, -0.15) is 0 Å². The number of nitrogens with zero attached hydrogens (tertiary/aromatic N) is 1. The number of ketones is 1. The lowest BCUT2D eigenvalue weighted by molar-refractivity contribution is -0.129.